The Bertz CT molecular complexity index is 797. The molecule has 22 heavy (non-hydrogen) atoms. The van der Waals surface area contributed by atoms with E-state index in [0.717, 1.165) is 12.1 Å². The molecule has 118 valence electrons. The lowest BCUT2D eigenvalue weighted by Crippen LogP contribution is -2.27. The number of nitrogens with one attached hydrogen (secondary N) is 1. The maximum absolute atomic E-state index is 12.1. The van der Waals surface area contributed by atoms with Crippen LogP contribution in [0.4, 0.5) is 19.0 Å². The van der Waals surface area contributed by atoms with Gasteiger partial charge in [-0.05, 0) is 24.3 Å². The van der Waals surface area contributed by atoms with E-state index in [4.69, 9.17) is 0 Å². The first-order valence-electron chi connectivity index (χ1n) is 6.15. The number of hydrogen-bond acceptors (Lipinski definition) is 4. The van der Waals surface area contributed by atoms with Crippen LogP contribution in [0.3, 0.4) is 0 Å². The summed E-state index contributed by atoms with van der Waals surface area (Å²) < 4.78 is 67.4. The number of imidazole rings is 1. The average molecular weight is 333 g/mol. The van der Waals surface area contributed by atoms with Crippen molar-refractivity contribution in [1.82, 2.24) is 9.55 Å². The van der Waals surface area contributed by atoms with Crippen molar-refractivity contribution in [2.45, 2.75) is 12.9 Å². The molecular weight excluding hydrogens is 323 g/mol. The summed E-state index contributed by atoms with van der Waals surface area (Å²) in [5.41, 5.74) is 0.828. The van der Waals surface area contributed by atoms with Crippen molar-refractivity contribution in [2.24, 2.45) is 0 Å². The summed E-state index contributed by atoms with van der Waals surface area (Å²) in [6.45, 7) is 0.271. The first kappa shape index (κ1) is 14.7. The molecule has 0 saturated carbocycles. The Morgan fingerprint density at radius 2 is 1.91 bits per heavy atom. The Hall–Kier alpha value is -2.23. The molecule has 1 aliphatic rings. The van der Waals surface area contributed by atoms with Gasteiger partial charge in [0.1, 0.15) is 17.3 Å². The minimum absolute atomic E-state index is 0.0475. The third-order valence-electron chi connectivity index (χ3n) is 3.05. The van der Waals surface area contributed by atoms with E-state index in [2.05, 4.69) is 14.4 Å². The van der Waals surface area contributed by atoms with Crippen molar-refractivity contribution in [2.75, 3.05) is 10.5 Å². The van der Waals surface area contributed by atoms with E-state index in [9.17, 15) is 21.6 Å². The Kier molecular flexibility index (Phi) is 3.28. The number of hydrogen-bond donors (Lipinski definition) is 1. The SMILES string of the molecule is O=S1(=O)CCn2cnc(-c3ccc(OC(F)(F)F)cc3)c2N1. The standard InChI is InChI=1S/C12H10F3N3O3S/c13-12(14,15)21-9-3-1-8(2-4-9)10-11-17-22(19,20)6-5-18(11)7-16-10/h1-4,7,17H,5-6H2. The van der Waals surface area contributed by atoms with Crippen molar-refractivity contribution in [3.63, 3.8) is 0 Å². The van der Waals surface area contributed by atoms with Crippen LogP contribution in [0.25, 0.3) is 11.3 Å². The first-order chi connectivity index (χ1) is 10.2. The molecule has 10 heteroatoms. The Labute approximate surface area is 123 Å². The van der Waals surface area contributed by atoms with Gasteiger partial charge < -0.3 is 9.30 Å². The van der Waals surface area contributed by atoms with Crippen LogP contribution in [-0.2, 0) is 16.6 Å². The molecule has 0 bridgehead atoms. The van der Waals surface area contributed by atoms with E-state index in [1.807, 2.05) is 0 Å². The quantitative estimate of drug-likeness (QED) is 0.914. The molecule has 0 aliphatic carbocycles. The van der Waals surface area contributed by atoms with Gasteiger partial charge in [0, 0.05) is 12.1 Å². The highest BCUT2D eigenvalue weighted by Gasteiger charge is 2.31. The van der Waals surface area contributed by atoms with Gasteiger partial charge in [0.25, 0.3) is 0 Å². The monoisotopic (exact) mass is 333 g/mol. The maximum atomic E-state index is 12.1. The normalized spacial score (nSPS) is 16.7. The van der Waals surface area contributed by atoms with Gasteiger partial charge in [-0.2, -0.15) is 0 Å². The van der Waals surface area contributed by atoms with Crippen LogP contribution in [0.15, 0.2) is 30.6 Å². The van der Waals surface area contributed by atoms with Gasteiger partial charge in [-0.1, -0.05) is 0 Å². The molecule has 0 radical (unpaired) electrons. The van der Waals surface area contributed by atoms with Crippen LogP contribution in [0.5, 0.6) is 5.75 Å². The van der Waals surface area contributed by atoms with Crippen LogP contribution in [0, 0.1) is 0 Å². The third-order valence-corrected chi connectivity index (χ3v) is 4.28. The average Bonchev–Trinajstić information content (AvgIpc) is 2.79. The number of ether oxygens (including phenoxy) is 1. The molecule has 0 amide bonds. The van der Waals surface area contributed by atoms with Crippen LogP contribution in [0.2, 0.25) is 0 Å². The van der Waals surface area contributed by atoms with Gasteiger partial charge in [0.15, 0.2) is 0 Å². The molecule has 1 aliphatic heterocycles. The number of sulfonamides is 1. The van der Waals surface area contributed by atoms with Crippen LogP contribution in [-0.4, -0.2) is 30.1 Å². The molecule has 3 rings (SSSR count). The Morgan fingerprint density at radius 3 is 2.55 bits per heavy atom. The number of alkyl halides is 3. The third kappa shape index (κ3) is 3.01. The molecule has 2 heterocycles. The summed E-state index contributed by atoms with van der Waals surface area (Å²) in [4.78, 5) is 4.11. The number of fused-ring (bicyclic) bond motifs is 1. The number of anilines is 1. The molecule has 2 aromatic rings. The molecule has 0 atom stereocenters. The van der Waals surface area contributed by atoms with E-state index in [-0.39, 0.29) is 18.0 Å². The molecular formula is C12H10F3N3O3S. The van der Waals surface area contributed by atoms with Crippen molar-refractivity contribution in [1.29, 1.82) is 0 Å². The lowest BCUT2D eigenvalue weighted by Gasteiger charge is -2.18. The second-order valence-corrected chi connectivity index (χ2v) is 6.47. The van der Waals surface area contributed by atoms with Crippen molar-refractivity contribution < 1.29 is 26.3 Å². The summed E-state index contributed by atoms with van der Waals surface area (Å²) >= 11 is 0. The zero-order valence-corrected chi connectivity index (χ0v) is 11.8. The summed E-state index contributed by atoms with van der Waals surface area (Å²) in [5, 5.41) is 0. The van der Waals surface area contributed by atoms with Gasteiger partial charge in [-0.15, -0.1) is 13.2 Å². The highest BCUT2D eigenvalue weighted by atomic mass is 32.2. The predicted molar refractivity (Wildman–Crippen MR) is 71.8 cm³/mol. The van der Waals surface area contributed by atoms with Gasteiger partial charge in [0.05, 0.1) is 12.1 Å². The summed E-state index contributed by atoms with van der Waals surface area (Å²) in [6.07, 6.45) is -3.28. The number of aromatic nitrogens is 2. The zero-order chi connectivity index (χ0) is 16.0. The lowest BCUT2D eigenvalue weighted by molar-refractivity contribution is -0.274. The Balaban J connectivity index is 1.91. The summed E-state index contributed by atoms with van der Waals surface area (Å²) in [6, 6.07) is 5.05. The number of aryl methyl sites for hydroxylation is 1. The van der Waals surface area contributed by atoms with E-state index < -0.39 is 16.4 Å². The number of rotatable bonds is 2. The molecule has 1 N–H and O–H groups in total. The van der Waals surface area contributed by atoms with E-state index in [1.54, 1.807) is 4.57 Å². The second kappa shape index (κ2) is 4.90. The van der Waals surface area contributed by atoms with Gasteiger partial charge in [-0.3, -0.25) is 4.72 Å². The zero-order valence-electron chi connectivity index (χ0n) is 11.0. The fraction of sp³-hybridized carbons (Fsp3) is 0.250. The van der Waals surface area contributed by atoms with Crippen molar-refractivity contribution in [3.05, 3.63) is 30.6 Å². The number of nitrogens with zero attached hydrogens (tertiary/aromatic N) is 2. The fourth-order valence-corrected chi connectivity index (χ4v) is 3.15. The first-order valence-corrected chi connectivity index (χ1v) is 7.80. The fourth-order valence-electron chi connectivity index (χ4n) is 2.10. The van der Waals surface area contributed by atoms with Crippen molar-refractivity contribution in [3.8, 4) is 17.0 Å². The van der Waals surface area contributed by atoms with E-state index in [1.165, 1.54) is 18.5 Å². The second-order valence-electron chi connectivity index (χ2n) is 4.63. The molecule has 1 aromatic heterocycles. The topological polar surface area (TPSA) is 73.2 Å². The summed E-state index contributed by atoms with van der Waals surface area (Å²) in [5.74, 6) is -0.102. The molecule has 6 nitrogen and oxygen atoms in total. The molecule has 1 aromatic carbocycles. The number of halogens is 3. The minimum atomic E-state index is -4.76. The molecule has 0 spiro atoms. The summed E-state index contributed by atoms with van der Waals surface area (Å²) in [7, 11) is -3.41. The van der Waals surface area contributed by atoms with Crippen LogP contribution >= 0.6 is 0 Å². The highest BCUT2D eigenvalue weighted by molar-refractivity contribution is 7.92. The maximum Gasteiger partial charge on any atom is 0.573 e. The smallest absolute Gasteiger partial charge is 0.406 e. The number of benzene rings is 1. The van der Waals surface area contributed by atoms with E-state index >= 15 is 0 Å². The molecule has 0 saturated heterocycles. The van der Waals surface area contributed by atoms with Crippen LogP contribution < -0.4 is 9.46 Å². The Morgan fingerprint density at radius 1 is 1.23 bits per heavy atom. The lowest BCUT2D eigenvalue weighted by atomic mass is 10.1. The molecule has 0 unspecified atom stereocenters. The van der Waals surface area contributed by atoms with Crippen LogP contribution in [0.1, 0.15) is 0 Å². The van der Waals surface area contributed by atoms with Gasteiger partial charge in [-0.25, -0.2) is 13.4 Å². The largest absolute Gasteiger partial charge is 0.573 e. The van der Waals surface area contributed by atoms with E-state index in [0.29, 0.717) is 17.1 Å². The highest BCUT2D eigenvalue weighted by Crippen LogP contribution is 2.31. The minimum Gasteiger partial charge on any atom is -0.406 e. The van der Waals surface area contributed by atoms with Gasteiger partial charge >= 0.3 is 6.36 Å². The predicted octanol–water partition coefficient (Wildman–Crippen LogP) is 2.20. The van der Waals surface area contributed by atoms with Gasteiger partial charge in [0.2, 0.25) is 10.0 Å². The van der Waals surface area contributed by atoms with Crippen molar-refractivity contribution >= 4 is 15.8 Å². The molecule has 0 fully saturated rings.